The predicted octanol–water partition coefficient (Wildman–Crippen LogP) is 3.21. The van der Waals surface area contributed by atoms with E-state index in [9.17, 15) is 9.18 Å². The number of aromatic amines is 2. The van der Waals surface area contributed by atoms with Crippen molar-refractivity contribution < 1.29 is 4.39 Å². The highest BCUT2D eigenvalue weighted by atomic mass is 19.1. The fourth-order valence-electron chi connectivity index (χ4n) is 2.52. The van der Waals surface area contributed by atoms with Crippen molar-refractivity contribution in [3.63, 3.8) is 0 Å². The quantitative estimate of drug-likeness (QED) is 0.525. The van der Waals surface area contributed by atoms with Gasteiger partial charge in [-0.1, -0.05) is 0 Å². The van der Waals surface area contributed by atoms with Gasteiger partial charge in [-0.25, -0.2) is 4.98 Å². The molecule has 0 atom stereocenters. The Hall–Kier alpha value is -2.95. The van der Waals surface area contributed by atoms with Crippen molar-refractivity contribution in [3.8, 4) is 11.1 Å². The van der Waals surface area contributed by atoms with Gasteiger partial charge in [-0.2, -0.15) is 4.39 Å². The molecule has 0 fully saturated rings. The van der Waals surface area contributed by atoms with E-state index in [0.717, 1.165) is 33.1 Å². The summed E-state index contributed by atoms with van der Waals surface area (Å²) in [6, 6.07) is 9.87. The van der Waals surface area contributed by atoms with Crippen molar-refractivity contribution in [3.05, 3.63) is 65.0 Å². The molecule has 0 unspecified atom stereocenters. The molecule has 4 aromatic rings. The highest BCUT2D eigenvalue weighted by Crippen LogP contribution is 2.26. The summed E-state index contributed by atoms with van der Waals surface area (Å²) in [5.74, 6) is -0.502. The van der Waals surface area contributed by atoms with E-state index in [2.05, 4.69) is 15.0 Å². The number of nitrogens with one attached hydrogen (secondary N) is 2. The maximum Gasteiger partial charge on any atom is 0.212 e. The van der Waals surface area contributed by atoms with E-state index in [4.69, 9.17) is 0 Å². The zero-order valence-corrected chi connectivity index (χ0v) is 10.9. The SMILES string of the molecule is O=c1ccc2c(c1)[nH]c1cc(-c3ccc(F)nc3)c[nH]c12. The number of aromatic nitrogens is 3. The zero-order chi connectivity index (χ0) is 14.4. The summed E-state index contributed by atoms with van der Waals surface area (Å²) >= 11 is 0. The summed E-state index contributed by atoms with van der Waals surface area (Å²) in [4.78, 5) is 21.5. The lowest BCUT2D eigenvalue weighted by Crippen LogP contribution is -1.93. The Bertz CT molecular complexity index is 1020. The van der Waals surface area contributed by atoms with Crippen molar-refractivity contribution in [2.45, 2.75) is 0 Å². The normalized spacial score (nSPS) is 11.3. The van der Waals surface area contributed by atoms with Gasteiger partial charge in [0.2, 0.25) is 5.95 Å². The zero-order valence-electron chi connectivity index (χ0n) is 10.9. The summed E-state index contributed by atoms with van der Waals surface area (Å²) in [5.41, 5.74) is 4.29. The van der Waals surface area contributed by atoms with E-state index in [0.29, 0.717) is 0 Å². The molecule has 1 aromatic carbocycles. The van der Waals surface area contributed by atoms with E-state index in [-0.39, 0.29) is 5.43 Å². The van der Waals surface area contributed by atoms with Crippen LogP contribution in [0.3, 0.4) is 0 Å². The second-order valence-corrected chi connectivity index (χ2v) is 4.88. The van der Waals surface area contributed by atoms with Gasteiger partial charge in [-0.15, -0.1) is 0 Å². The van der Waals surface area contributed by atoms with Crippen LogP contribution in [0, 0.1) is 5.95 Å². The average molecular weight is 279 g/mol. The molecule has 0 saturated heterocycles. The van der Waals surface area contributed by atoms with E-state index >= 15 is 0 Å². The number of hydrogen-bond acceptors (Lipinski definition) is 2. The molecular formula is C16H10FN3O. The molecule has 5 heteroatoms. The van der Waals surface area contributed by atoms with E-state index in [1.54, 1.807) is 24.3 Å². The minimum absolute atomic E-state index is 0.0305. The Morgan fingerprint density at radius 1 is 1.00 bits per heavy atom. The van der Waals surface area contributed by atoms with Crippen LogP contribution >= 0.6 is 0 Å². The largest absolute Gasteiger partial charge is 0.359 e. The minimum atomic E-state index is -0.502. The van der Waals surface area contributed by atoms with Crippen molar-refractivity contribution in [2.24, 2.45) is 0 Å². The fourth-order valence-corrected chi connectivity index (χ4v) is 2.52. The van der Waals surface area contributed by atoms with Crippen LogP contribution in [0.1, 0.15) is 0 Å². The standard InChI is InChI=1S/C16H10FN3O/c17-15-4-1-9(7-18-15)10-5-14-16(19-8-10)12-3-2-11(21)6-13(12)20-14/h1-8,19-20H. The van der Waals surface area contributed by atoms with Gasteiger partial charge >= 0.3 is 0 Å². The third-order valence-corrected chi connectivity index (χ3v) is 3.53. The Morgan fingerprint density at radius 2 is 1.90 bits per heavy atom. The first kappa shape index (κ1) is 11.8. The van der Waals surface area contributed by atoms with Gasteiger partial charge in [-0.05, 0) is 30.3 Å². The molecule has 3 heterocycles. The first-order valence-corrected chi connectivity index (χ1v) is 6.47. The maximum absolute atomic E-state index is 12.9. The average Bonchev–Trinajstić information content (AvgIpc) is 2.84. The number of pyridine rings is 2. The highest BCUT2D eigenvalue weighted by molar-refractivity contribution is 6.05. The van der Waals surface area contributed by atoms with Gasteiger partial charge in [0.1, 0.15) is 0 Å². The maximum atomic E-state index is 12.9. The third kappa shape index (κ3) is 1.90. The Labute approximate surface area is 118 Å². The van der Waals surface area contributed by atoms with Crippen LogP contribution in [0.5, 0.6) is 0 Å². The minimum Gasteiger partial charge on any atom is -0.359 e. The van der Waals surface area contributed by atoms with Crippen LogP contribution in [0.2, 0.25) is 0 Å². The Balaban J connectivity index is 1.95. The van der Waals surface area contributed by atoms with Gasteiger partial charge in [0.15, 0.2) is 5.43 Å². The van der Waals surface area contributed by atoms with Crippen molar-refractivity contribution in [2.75, 3.05) is 0 Å². The molecule has 0 amide bonds. The topological polar surface area (TPSA) is 61.5 Å². The van der Waals surface area contributed by atoms with Crippen LogP contribution in [0.25, 0.3) is 33.1 Å². The Morgan fingerprint density at radius 3 is 2.71 bits per heavy atom. The summed E-state index contributed by atoms with van der Waals surface area (Å²) in [6.45, 7) is 0. The van der Waals surface area contributed by atoms with E-state index in [1.165, 1.54) is 12.3 Å². The summed E-state index contributed by atoms with van der Waals surface area (Å²) in [7, 11) is 0. The molecule has 3 aromatic heterocycles. The van der Waals surface area contributed by atoms with Gasteiger partial charge < -0.3 is 9.97 Å². The number of H-pyrrole nitrogens is 2. The third-order valence-electron chi connectivity index (χ3n) is 3.53. The summed E-state index contributed by atoms with van der Waals surface area (Å²) in [5, 5.41) is 0.966. The molecule has 2 N–H and O–H groups in total. The second kappa shape index (κ2) is 4.28. The van der Waals surface area contributed by atoms with E-state index in [1.807, 2.05) is 12.3 Å². The summed E-state index contributed by atoms with van der Waals surface area (Å²) in [6.07, 6.45) is 3.33. The van der Waals surface area contributed by atoms with Crippen LogP contribution < -0.4 is 5.43 Å². The van der Waals surface area contributed by atoms with E-state index < -0.39 is 5.95 Å². The van der Waals surface area contributed by atoms with Crippen molar-refractivity contribution in [1.29, 1.82) is 0 Å². The number of halogens is 1. The molecule has 0 aliphatic heterocycles. The number of rotatable bonds is 1. The molecular weight excluding hydrogens is 269 g/mol. The summed E-state index contributed by atoms with van der Waals surface area (Å²) < 4.78 is 12.9. The van der Waals surface area contributed by atoms with Crippen LogP contribution in [-0.2, 0) is 0 Å². The Kier molecular flexibility index (Phi) is 2.41. The van der Waals surface area contributed by atoms with Gasteiger partial charge in [0.05, 0.1) is 16.6 Å². The molecule has 102 valence electrons. The molecule has 0 radical (unpaired) electrons. The lowest BCUT2D eigenvalue weighted by molar-refractivity contribution is 0.584. The first-order valence-electron chi connectivity index (χ1n) is 6.47. The fraction of sp³-hybridized carbons (Fsp3) is 0. The number of benzene rings is 1. The van der Waals surface area contributed by atoms with Crippen LogP contribution in [0.4, 0.5) is 4.39 Å². The second-order valence-electron chi connectivity index (χ2n) is 4.88. The smallest absolute Gasteiger partial charge is 0.212 e. The number of fused-ring (bicyclic) bond motifs is 3. The highest BCUT2D eigenvalue weighted by Gasteiger charge is 2.07. The molecule has 0 aliphatic rings. The first-order chi connectivity index (χ1) is 10.2. The number of hydrogen-bond donors (Lipinski definition) is 2. The molecule has 4 nitrogen and oxygen atoms in total. The molecule has 0 aliphatic carbocycles. The lowest BCUT2D eigenvalue weighted by atomic mass is 10.1. The molecule has 0 spiro atoms. The van der Waals surface area contributed by atoms with Gasteiger partial charge in [0, 0.05) is 35.0 Å². The lowest BCUT2D eigenvalue weighted by Gasteiger charge is -2.01. The van der Waals surface area contributed by atoms with Crippen LogP contribution in [0.15, 0.2) is 53.6 Å². The van der Waals surface area contributed by atoms with Crippen molar-refractivity contribution >= 4 is 21.9 Å². The van der Waals surface area contributed by atoms with Crippen molar-refractivity contribution in [1.82, 2.24) is 15.0 Å². The van der Waals surface area contributed by atoms with Crippen LogP contribution in [-0.4, -0.2) is 15.0 Å². The van der Waals surface area contributed by atoms with Gasteiger partial charge in [-0.3, -0.25) is 4.79 Å². The molecule has 0 bridgehead atoms. The predicted molar refractivity (Wildman–Crippen MR) is 79.6 cm³/mol. The molecule has 21 heavy (non-hydrogen) atoms. The monoisotopic (exact) mass is 279 g/mol. The number of nitrogens with zero attached hydrogens (tertiary/aromatic N) is 1. The van der Waals surface area contributed by atoms with Gasteiger partial charge in [0.25, 0.3) is 0 Å². The molecule has 4 rings (SSSR count). The molecule has 0 saturated carbocycles.